The zero-order valence-electron chi connectivity index (χ0n) is 39.7. The fourth-order valence-electron chi connectivity index (χ4n) is 6.92. The molecular weight excluding hydrogens is 1110 g/mol. The van der Waals surface area contributed by atoms with E-state index in [0.29, 0.717) is 54.8 Å². The van der Waals surface area contributed by atoms with Gasteiger partial charge in [0.1, 0.15) is 14.9 Å². The number of fused-ring (bicyclic) bond motifs is 2. The van der Waals surface area contributed by atoms with Crippen LogP contribution in [0, 0.1) is 17.5 Å². The topological polar surface area (TPSA) is 146 Å². The van der Waals surface area contributed by atoms with Gasteiger partial charge in [0.05, 0.1) is 67.7 Å². The third kappa shape index (κ3) is 14.1. The summed E-state index contributed by atoms with van der Waals surface area (Å²) in [5.41, 5.74) is 3.45. The van der Waals surface area contributed by atoms with Gasteiger partial charge in [-0.15, -0.1) is 0 Å². The van der Waals surface area contributed by atoms with Crippen LogP contribution < -0.4 is 9.80 Å². The molecule has 4 heterocycles. The Morgan fingerprint density at radius 1 is 0.629 bits per heavy atom. The maximum atomic E-state index is 13.5. The Balaban J connectivity index is 0.000000308. The van der Waals surface area contributed by atoms with Crippen LogP contribution in [0.15, 0.2) is 77.8 Å². The number of esters is 2. The van der Waals surface area contributed by atoms with Crippen LogP contribution >= 0.6 is 38.5 Å². The Hall–Kier alpha value is -5.91. The first-order valence-corrected chi connectivity index (χ1v) is 23.1. The molecule has 2 aromatic carbocycles. The van der Waals surface area contributed by atoms with Gasteiger partial charge in [-0.3, -0.25) is 18.6 Å². The maximum absolute atomic E-state index is 13.5. The molecule has 0 spiro atoms. The van der Waals surface area contributed by atoms with Crippen molar-refractivity contribution in [2.75, 3.05) is 37.1 Å². The average Bonchev–Trinajstić information content (AvgIpc) is 3.84. The molecule has 0 aliphatic rings. The fraction of sp³-hybridized carbons (Fsp3) is 0.375. The number of carbonyl (C=O) groups excluding carboxylic acids is 4. The van der Waals surface area contributed by atoms with E-state index in [1.54, 1.807) is 131 Å². The molecule has 0 atom stereocenters. The van der Waals surface area contributed by atoms with Gasteiger partial charge in [-0.25, -0.2) is 29.1 Å². The molecule has 0 fully saturated rings. The van der Waals surface area contributed by atoms with Crippen LogP contribution in [0.3, 0.4) is 0 Å². The van der Waals surface area contributed by atoms with Crippen LogP contribution in [0.2, 0.25) is 0 Å². The lowest BCUT2D eigenvalue weighted by Gasteiger charge is -2.28. The summed E-state index contributed by atoms with van der Waals surface area (Å²) in [4.78, 5) is 61.0. The lowest BCUT2D eigenvalue weighted by molar-refractivity contribution is -0.133. The highest BCUT2D eigenvalue weighted by molar-refractivity contribution is 14.1. The van der Waals surface area contributed by atoms with Crippen molar-refractivity contribution in [1.29, 1.82) is 0 Å². The number of rotatable bonds is 10. The Morgan fingerprint density at radius 3 is 1.53 bits per heavy atom. The van der Waals surface area contributed by atoms with E-state index in [9.17, 15) is 45.5 Å². The SMILES string of the molecule is CC(C)(C)OC(=O)N(CCC(F)(F)F)c1cc(Br)cn2c(I)cnc12.COC(=O)c1ccc(-c2cc(N(CCC(F)(F)F)C(=O)OC(C)(C)C)c3ncc(-c4ccc(C(=O)OC)c(C)c4)n3c2)cc1C. The average molecular weight is 1160 g/mol. The number of ether oxygens (including phenoxy) is 4. The number of hydrogen-bond acceptors (Lipinski definition) is 10. The number of methoxy groups -OCH3 is 2. The van der Waals surface area contributed by atoms with E-state index >= 15 is 0 Å². The van der Waals surface area contributed by atoms with E-state index in [2.05, 4.69) is 25.9 Å². The Labute approximate surface area is 421 Å². The number of alkyl halides is 6. The number of carbonyl (C=O) groups is 4. The largest absolute Gasteiger partial charge is 0.465 e. The van der Waals surface area contributed by atoms with Gasteiger partial charge in [0.2, 0.25) is 0 Å². The molecule has 0 aliphatic carbocycles. The zero-order valence-corrected chi connectivity index (χ0v) is 43.5. The predicted octanol–water partition coefficient (Wildman–Crippen LogP) is 12.9. The second-order valence-electron chi connectivity index (χ2n) is 17.8. The van der Waals surface area contributed by atoms with Gasteiger partial charge in [0, 0.05) is 41.1 Å². The molecule has 0 saturated heterocycles. The van der Waals surface area contributed by atoms with Gasteiger partial charge >= 0.3 is 36.5 Å². The predicted molar refractivity (Wildman–Crippen MR) is 262 cm³/mol. The normalized spacial score (nSPS) is 12.0. The van der Waals surface area contributed by atoms with E-state index in [1.807, 2.05) is 22.6 Å². The van der Waals surface area contributed by atoms with Crippen molar-refractivity contribution >= 4 is 85.3 Å². The summed E-state index contributed by atoms with van der Waals surface area (Å²) in [5, 5.41) is 0. The second-order valence-corrected chi connectivity index (χ2v) is 19.8. The van der Waals surface area contributed by atoms with E-state index in [0.717, 1.165) is 13.5 Å². The van der Waals surface area contributed by atoms with E-state index in [-0.39, 0.29) is 17.0 Å². The molecule has 0 bridgehead atoms. The molecule has 14 nitrogen and oxygen atoms in total. The molecule has 22 heteroatoms. The first kappa shape index (κ1) is 55.0. The molecule has 0 aliphatic heterocycles. The maximum Gasteiger partial charge on any atom is 0.414 e. The number of hydrogen-bond donors (Lipinski definition) is 0. The number of pyridine rings is 2. The summed E-state index contributed by atoms with van der Waals surface area (Å²) < 4.78 is 104. The summed E-state index contributed by atoms with van der Waals surface area (Å²) in [7, 11) is 2.57. The van der Waals surface area contributed by atoms with Crippen molar-refractivity contribution in [2.24, 2.45) is 0 Å². The van der Waals surface area contributed by atoms with Crippen LogP contribution in [0.4, 0.5) is 47.3 Å². The molecule has 6 aromatic rings. The second kappa shape index (κ2) is 21.6. The van der Waals surface area contributed by atoms with Crippen LogP contribution in [0.1, 0.15) is 86.2 Å². The molecule has 0 saturated carbocycles. The standard InChI is InChI=1S/C33H34F3N3O6.C15H16BrF3IN3O2/c1-19-14-21(8-10-24(19)29(40)43-6)23-16-26(38(13-12-33(34,35)36)31(42)45-32(3,4)5)28-37-17-27(39(28)18-23)22-9-11-25(20(2)15-22)30(41)44-7;1-14(2,3)25-13(24)22(5-4-15(17,18)19)10-6-9(16)8-23-11(20)7-21-12(10)23/h8-11,14-18H,12-13H2,1-7H3;6-8H,4-5H2,1-3H3. The highest BCUT2D eigenvalue weighted by Gasteiger charge is 2.35. The van der Waals surface area contributed by atoms with Crippen molar-refractivity contribution in [3.05, 3.63) is 104 Å². The van der Waals surface area contributed by atoms with Gasteiger partial charge < -0.3 is 18.9 Å². The van der Waals surface area contributed by atoms with Crippen molar-refractivity contribution in [1.82, 2.24) is 18.8 Å². The first-order valence-electron chi connectivity index (χ1n) is 21.3. The van der Waals surface area contributed by atoms with Gasteiger partial charge in [0.25, 0.3) is 0 Å². The van der Waals surface area contributed by atoms with Gasteiger partial charge in [-0.1, -0.05) is 18.2 Å². The van der Waals surface area contributed by atoms with Gasteiger partial charge in [-0.2, -0.15) is 26.3 Å². The minimum Gasteiger partial charge on any atom is -0.465 e. The van der Waals surface area contributed by atoms with Crippen LogP contribution in [0.25, 0.3) is 33.7 Å². The van der Waals surface area contributed by atoms with Gasteiger partial charge in [-0.05, 0) is 141 Å². The minimum absolute atomic E-state index is 0.0925. The quantitative estimate of drug-likeness (QED) is 0.0562. The monoisotopic (exact) mass is 1160 g/mol. The molecule has 0 radical (unpaired) electrons. The summed E-state index contributed by atoms with van der Waals surface area (Å²) in [6.07, 6.45) is -6.61. The van der Waals surface area contributed by atoms with Crippen molar-refractivity contribution in [3.8, 4) is 22.4 Å². The number of benzene rings is 2. The van der Waals surface area contributed by atoms with E-state index in [4.69, 9.17) is 18.9 Å². The molecule has 4 aromatic heterocycles. The third-order valence-electron chi connectivity index (χ3n) is 10.0. The zero-order chi connectivity index (χ0) is 52.3. The van der Waals surface area contributed by atoms with Crippen LogP contribution in [-0.2, 0) is 18.9 Å². The summed E-state index contributed by atoms with van der Waals surface area (Å²) in [6, 6.07) is 13.3. The molecule has 0 unspecified atom stereocenters. The fourth-order valence-corrected chi connectivity index (χ4v) is 7.85. The molecule has 0 N–H and O–H groups in total. The lowest BCUT2D eigenvalue weighted by atomic mass is 10.00. The molecule has 6 rings (SSSR count). The molecule has 376 valence electrons. The number of imidazole rings is 2. The minimum atomic E-state index is -4.55. The number of anilines is 2. The van der Waals surface area contributed by atoms with Crippen LogP contribution in [-0.4, -0.2) is 93.8 Å². The summed E-state index contributed by atoms with van der Waals surface area (Å²) >= 11 is 5.37. The number of halogens is 8. The molecular formula is C48H50BrF6IN6O8. The number of amides is 2. The molecule has 2 amide bonds. The first-order chi connectivity index (χ1) is 32.4. The highest BCUT2D eigenvalue weighted by atomic mass is 127. The Bertz CT molecular complexity index is 2920. The molecule has 70 heavy (non-hydrogen) atoms. The van der Waals surface area contributed by atoms with Crippen molar-refractivity contribution < 1.29 is 64.5 Å². The summed E-state index contributed by atoms with van der Waals surface area (Å²) in [6.45, 7) is 12.0. The Morgan fingerprint density at radius 2 is 1.07 bits per heavy atom. The smallest absolute Gasteiger partial charge is 0.414 e. The van der Waals surface area contributed by atoms with Crippen molar-refractivity contribution in [2.45, 2.75) is 91.8 Å². The Kier molecular flexibility index (Phi) is 17.0. The number of nitrogens with zero attached hydrogens (tertiary/aromatic N) is 6. The number of aromatic nitrogens is 4. The van der Waals surface area contributed by atoms with Gasteiger partial charge in [0.15, 0.2) is 11.3 Å². The number of aryl methyl sites for hydroxylation is 2. The van der Waals surface area contributed by atoms with Crippen LogP contribution in [0.5, 0.6) is 0 Å². The summed E-state index contributed by atoms with van der Waals surface area (Å²) in [5.74, 6) is -1.01. The third-order valence-corrected chi connectivity index (χ3v) is 11.3. The highest BCUT2D eigenvalue weighted by Crippen LogP contribution is 2.36. The van der Waals surface area contributed by atoms with Crippen molar-refractivity contribution in [3.63, 3.8) is 0 Å². The van der Waals surface area contributed by atoms with E-state index in [1.165, 1.54) is 20.4 Å². The lowest BCUT2D eigenvalue weighted by Crippen LogP contribution is -2.39. The van der Waals surface area contributed by atoms with E-state index < -0.39 is 73.6 Å².